The Hall–Kier alpha value is -0.700. The monoisotopic (exact) mass is 168 g/mol. The average molecular weight is 168 g/mol. The van der Waals surface area contributed by atoms with E-state index in [4.69, 9.17) is 0 Å². The lowest BCUT2D eigenvalue weighted by Crippen LogP contribution is -2.57. The van der Waals surface area contributed by atoms with Crippen LogP contribution in [0.3, 0.4) is 0 Å². The molecule has 1 saturated heterocycles. The van der Waals surface area contributed by atoms with Gasteiger partial charge in [-0.25, -0.2) is 0 Å². The average Bonchev–Trinajstić information content (AvgIpc) is 2.18. The summed E-state index contributed by atoms with van der Waals surface area (Å²) in [5.74, 6) is 0. The van der Waals surface area contributed by atoms with Gasteiger partial charge in [-0.1, -0.05) is 6.92 Å². The summed E-state index contributed by atoms with van der Waals surface area (Å²) in [4.78, 5) is 4.54. The molecule has 1 N–H and O–H groups in total. The van der Waals surface area contributed by atoms with Crippen LogP contribution < -0.4 is 0 Å². The third-order valence-corrected chi connectivity index (χ3v) is 2.82. The summed E-state index contributed by atoms with van der Waals surface area (Å²) >= 11 is 0. The highest BCUT2D eigenvalue weighted by atomic mass is 16.3. The maximum Gasteiger partial charge on any atom is 0.0757 e. The predicted octanol–water partition coefficient (Wildman–Crippen LogP) is 0.228. The van der Waals surface area contributed by atoms with Gasteiger partial charge in [0, 0.05) is 32.0 Å². The number of fused-ring (bicyclic) bond motifs is 2. The smallest absolute Gasteiger partial charge is 0.0757 e. The van der Waals surface area contributed by atoms with Crippen molar-refractivity contribution in [3.63, 3.8) is 0 Å². The van der Waals surface area contributed by atoms with Crippen LogP contribution >= 0.6 is 0 Å². The van der Waals surface area contributed by atoms with Gasteiger partial charge in [-0.2, -0.15) is 0 Å². The molecule has 68 valence electrons. The van der Waals surface area contributed by atoms with Crippen LogP contribution in [0.2, 0.25) is 0 Å². The van der Waals surface area contributed by atoms with Crippen LogP contribution in [0.15, 0.2) is 12.4 Å². The van der Waals surface area contributed by atoms with E-state index in [9.17, 15) is 5.11 Å². The van der Waals surface area contributed by atoms with Crippen molar-refractivity contribution in [1.29, 1.82) is 0 Å². The number of hydrogen-bond donors (Lipinski definition) is 1. The van der Waals surface area contributed by atoms with Crippen molar-refractivity contribution in [2.45, 2.75) is 25.5 Å². The Labute approximate surface area is 73.3 Å². The highest BCUT2D eigenvalue weighted by Gasteiger charge is 2.31. The lowest BCUT2D eigenvalue weighted by atomic mass is 10.0. The van der Waals surface area contributed by atoms with Gasteiger partial charge in [0.25, 0.3) is 0 Å². The van der Waals surface area contributed by atoms with E-state index in [1.54, 1.807) is 0 Å². The van der Waals surface area contributed by atoms with E-state index < -0.39 is 0 Å². The number of aliphatic hydroxyl groups is 1. The number of piperazine rings is 1. The zero-order valence-electron chi connectivity index (χ0n) is 7.48. The Morgan fingerprint density at radius 3 is 2.75 bits per heavy atom. The molecule has 2 bridgehead atoms. The van der Waals surface area contributed by atoms with E-state index in [1.165, 1.54) is 0 Å². The molecule has 2 unspecified atom stereocenters. The van der Waals surface area contributed by atoms with Gasteiger partial charge in [-0.15, -0.1) is 0 Å². The maximum absolute atomic E-state index is 9.70. The SMILES string of the molecule is CCC(O)C1CN2C=CN1CC2. The Balaban J connectivity index is 2.06. The predicted molar refractivity (Wildman–Crippen MR) is 47.5 cm³/mol. The first-order valence-electron chi connectivity index (χ1n) is 4.67. The third kappa shape index (κ3) is 1.18. The molecule has 0 aromatic carbocycles. The van der Waals surface area contributed by atoms with E-state index in [0.717, 1.165) is 26.1 Å². The molecular formula is C9H16N2O. The normalized spacial score (nSPS) is 29.7. The number of nitrogens with zero attached hydrogens (tertiary/aromatic N) is 2. The van der Waals surface area contributed by atoms with Crippen LogP contribution in [-0.4, -0.2) is 46.7 Å². The Morgan fingerprint density at radius 1 is 1.50 bits per heavy atom. The van der Waals surface area contributed by atoms with E-state index in [0.29, 0.717) is 6.04 Å². The summed E-state index contributed by atoms with van der Waals surface area (Å²) < 4.78 is 0. The molecule has 3 nitrogen and oxygen atoms in total. The summed E-state index contributed by atoms with van der Waals surface area (Å²) in [6.07, 6.45) is 4.89. The zero-order chi connectivity index (χ0) is 8.55. The molecule has 12 heavy (non-hydrogen) atoms. The highest BCUT2D eigenvalue weighted by molar-refractivity contribution is 5.01. The van der Waals surface area contributed by atoms with Gasteiger partial charge in [0.05, 0.1) is 12.1 Å². The fraction of sp³-hybridized carbons (Fsp3) is 0.778. The van der Waals surface area contributed by atoms with Gasteiger partial charge in [-0.05, 0) is 6.42 Å². The van der Waals surface area contributed by atoms with E-state index >= 15 is 0 Å². The summed E-state index contributed by atoms with van der Waals surface area (Å²) in [5, 5.41) is 9.70. The van der Waals surface area contributed by atoms with Gasteiger partial charge in [0.15, 0.2) is 0 Å². The molecule has 2 atom stereocenters. The number of aliphatic hydroxyl groups excluding tert-OH is 1. The van der Waals surface area contributed by atoms with Crippen molar-refractivity contribution in [2.75, 3.05) is 19.6 Å². The van der Waals surface area contributed by atoms with Gasteiger partial charge < -0.3 is 14.9 Å². The molecule has 0 amide bonds. The second-order valence-electron chi connectivity index (χ2n) is 3.57. The van der Waals surface area contributed by atoms with Crippen molar-refractivity contribution in [2.24, 2.45) is 0 Å². The minimum atomic E-state index is -0.169. The first-order valence-corrected chi connectivity index (χ1v) is 4.67. The molecule has 0 radical (unpaired) electrons. The Bertz CT molecular complexity index is 193. The lowest BCUT2D eigenvalue weighted by Gasteiger charge is -2.46. The van der Waals surface area contributed by atoms with Gasteiger partial charge >= 0.3 is 0 Å². The van der Waals surface area contributed by atoms with E-state index in [1.807, 2.05) is 6.92 Å². The van der Waals surface area contributed by atoms with Gasteiger partial charge in [0.1, 0.15) is 0 Å². The van der Waals surface area contributed by atoms with Crippen LogP contribution in [0.5, 0.6) is 0 Å². The minimum absolute atomic E-state index is 0.169. The van der Waals surface area contributed by atoms with Crippen molar-refractivity contribution in [3.05, 3.63) is 12.4 Å². The van der Waals surface area contributed by atoms with Crippen molar-refractivity contribution >= 4 is 0 Å². The molecular weight excluding hydrogens is 152 g/mol. The van der Waals surface area contributed by atoms with Crippen molar-refractivity contribution in [3.8, 4) is 0 Å². The quantitative estimate of drug-likeness (QED) is 0.639. The molecule has 0 aromatic rings. The molecule has 0 aromatic heterocycles. The molecule has 3 heterocycles. The first kappa shape index (κ1) is 7.92. The summed E-state index contributed by atoms with van der Waals surface area (Å²) in [7, 11) is 0. The fourth-order valence-corrected chi connectivity index (χ4v) is 1.96. The molecule has 1 fully saturated rings. The highest BCUT2D eigenvalue weighted by Crippen LogP contribution is 2.20. The van der Waals surface area contributed by atoms with Crippen LogP contribution in [-0.2, 0) is 0 Å². The van der Waals surface area contributed by atoms with Crippen LogP contribution in [0, 0.1) is 0 Å². The molecule has 3 aliphatic heterocycles. The summed E-state index contributed by atoms with van der Waals surface area (Å²) in [6, 6.07) is 0.328. The van der Waals surface area contributed by atoms with Crippen LogP contribution in [0.25, 0.3) is 0 Å². The number of hydrogen-bond acceptors (Lipinski definition) is 3. The van der Waals surface area contributed by atoms with Crippen molar-refractivity contribution in [1.82, 2.24) is 9.80 Å². The molecule has 0 spiro atoms. The topological polar surface area (TPSA) is 26.7 Å². The fourth-order valence-electron chi connectivity index (χ4n) is 1.96. The largest absolute Gasteiger partial charge is 0.391 e. The zero-order valence-corrected chi connectivity index (χ0v) is 7.48. The summed E-state index contributed by atoms with van der Waals surface area (Å²) in [5.41, 5.74) is 0. The van der Waals surface area contributed by atoms with Crippen molar-refractivity contribution < 1.29 is 5.11 Å². The van der Waals surface area contributed by atoms with Gasteiger partial charge in [0.2, 0.25) is 0 Å². The second-order valence-corrected chi connectivity index (χ2v) is 3.57. The van der Waals surface area contributed by atoms with Gasteiger partial charge in [-0.3, -0.25) is 0 Å². The molecule has 3 heteroatoms. The maximum atomic E-state index is 9.70. The van der Waals surface area contributed by atoms with E-state index in [-0.39, 0.29) is 6.10 Å². The van der Waals surface area contributed by atoms with E-state index in [2.05, 4.69) is 22.2 Å². The summed E-state index contributed by atoms with van der Waals surface area (Å²) in [6.45, 7) is 5.21. The molecule has 0 saturated carbocycles. The van der Waals surface area contributed by atoms with Crippen LogP contribution in [0.4, 0.5) is 0 Å². The molecule has 3 rings (SSSR count). The van der Waals surface area contributed by atoms with Crippen LogP contribution in [0.1, 0.15) is 13.3 Å². The number of rotatable bonds is 2. The Kier molecular flexibility index (Phi) is 1.97. The first-order chi connectivity index (χ1) is 5.81. The molecule has 0 aliphatic carbocycles. The third-order valence-electron chi connectivity index (χ3n) is 2.82. The second kappa shape index (κ2) is 2.98. The lowest BCUT2D eigenvalue weighted by molar-refractivity contribution is 0.0158. The minimum Gasteiger partial charge on any atom is -0.391 e. The molecule has 3 aliphatic rings. The standard InChI is InChI=1S/C9H16N2O/c1-2-9(12)8-7-10-3-5-11(8)6-4-10/h3,5,8-9,12H,2,4,6-7H2,1H3. The Morgan fingerprint density at radius 2 is 2.33 bits per heavy atom.